The Morgan fingerprint density at radius 3 is 2.07 bits per heavy atom. The zero-order valence-electron chi connectivity index (χ0n) is 10.6. The van der Waals surface area contributed by atoms with E-state index in [1.807, 2.05) is 0 Å². The molecule has 0 aliphatic rings. The highest BCUT2D eigenvalue weighted by molar-refractivity contribution is 4.93. The van der Waals surface area contributed by atoms with Crippen molar-refractivity contribution < 1.29 is 4.74 Å². The Labute approximate surface area is 88.6 Å². The van der Waals surface area contributed by atoms with Gasteiger partial charge in [0.05, 0.1) is 12.1 Å². The first kappa shape index (κ1) is 13.9. The maximum absolute atomic E-state index is 5.82. The number of hydrogen-bond acceptors (Lipinski definition) is 3. The van der Waals surface area contributed by atoms with Gasteiger partial charge in [0.1, 0.15) is 0 Å². The van der Waals surface area contributed by atoms with Crippen molar-refractivity contribution in [2.75, 3.05) is 27.3 Å². The van der Waals surface area contributed by atoms with Crippen LogP contribution < -0.4 is 5.73 Å². The highest BCUT2D eigenvalue weighted by Crippen LogP contribution is 2.25. The summed E-state index contributed by atoms with van der Waals surface area (Å²) in [6.45, 7) is 10.1. The first-order chi connectivity index (χ1) is 6.34. The number of likely N-dealkylation sites (N-methyl/N-ethyl adjacent to an activating group) is 1. The summed E-state index contributed by atoms with van der Waals surface area (Å²) in [5.74, 6) is 0. The first-order valence-electron chi connectivity index (χ1n) is 5.27. The van der Waals surface area contributed by atoms with Crippen LogP contribution in [0.4, 0.5) is 0 Å². The van der Waals surface area contributed by atoms with E-state index < -0.39 is 0 Å². The zero-order valence-corrected chi connectivity index (χ0v) is 10.6. The smallest absolute Gasteiger partial charge is 0.0656 e. The van der Waals surface area contributed by atoms with Crippen LogP contribution in [0.1, 0.15) is 34.1 Å². The minimum absolute atomic E-state index is 0.0751. The molecule has 0 amide bonds. The van der Waals surface area contributed by atoms with Crippen molar-refractivity contribution in [2.24, 2.45) is 5.73 Å². The fraction of sp³-hybridized carbons (Fsp3) is 1.00. The summed E-state index contributed by atoms with van der Waals surface area (Å²) in [6.07, 6.45) is 1.10. The topological polar surface area (TPSA) is 38.5 Å². The average molecular weight is 202 g/mol. The fourth-order valence-electron chi connectivity index (χ4n) is 1.57. The van der Waals surface area contributed by atoms with Crippen molar-refractivity contribution in [1.82, 2.24) is 4.90 Å². The van der Waals surface area contributed by atoms with Gasteiger partial charge in [0.2, 0.25) is 0 Å². The highest BCUT2D eigenvalue weighted by Gasteiger charge is 2.36. The summed E-state index contributed by atoms with van der Waals surface area (Å²) in [6, 6.07) is 0. The average Bonchev–Trinajstić information content (AvgIpc) is 2.17. The molecule has 0 bridgehead atoms. The molecule has 3 nitrogen and oxygen atoms in total. The maximum Gasteiger partial charge on any atom is 0.0656 e. The van der Waals surface area contributed by atoms with Gasteiger partial charge in [-0.25, -0.2) is 0 Å². The lowest BCUT2D eigenvalue weighted by molar-refractivity contribution is -0.0157. The summed E-state index contributed by atoms with van der Waals surface area (Å²) >= 11 is 0. The van der Waals surface area contributed by atoms with Gasteiger partial charge in [0, 0.05) is 19.2 Å². The van der Waals surface area contributed by atoms with E-state index in [1.165, 1.54) is 0 Å². The minimum Gasteiger partial charge on any atom is -0.383 e. The molecule has 1 atom stereocenters. The molecule has 0 heterocycles. The van der Waals surface area contributed by atoms with Gasteiger partial charge in [-0.05, 0) is 34.2 Å². The largest absolute Gasteiger partial charge is 0.383 e. The van der Waals surface area contributed by atoms with E-state index in [0.29, 0.717) is 13.2 Å². The van der Waals surface area contributed by atoms with E-state index >= 15 is 0 Å². The lowest BCUT2D eigenvalue weighted by Gasteiger charge is -2.47. The molecule has 0 radical (unpaired) electrons. The summed E-state index contributed by atoms with van der Waals surface area (Å²) in [7, 11) is 3.84. The molecule has 0 rings (SSSR count). The van der Waals surface area contributed by atoms with Crippen LogP contribution in [0.5, 0.6) is 0 Å². The Balaban J connectivity index is 4.67. The third-order valence-electron chi connectivity index (χ3n) is 3.48. The minimum atomic E-state index is -0.0751. The summed E-state index contributed by atoms with van der Waals surface area (Å²) in [5.41, 5.74) is 5.91. The number of ether oxygens (including phenoxy) is 1. The second-order valence-corrected chi connectivity index (χ2v) is 4.86. The number of nitrogens with zero attached hydrogens (tertiary/aromatic N) is 1. The molecule has 0 saturated heterocycles. The maximum atomic E-state index is 5.82. The summed E-state index contributed by atoms with van der Waals surface area (Å²) < 4.78 is 5.24. The number of hydrogen-bond donors (Lipinski definition) is 1. The van der Waals surface area contributed by atoms with Gasteiger partial charge >= 0.3 is 0 Å². The molecule has 2 N–H and O–H groups in total. The van der Waals surface area contributed by atoms with Crippen LogP contribution in [0.25, 0.3) is 0 Å². The van der Waals surface area contributed by atoms with Crippen LogP contribution >= 0.6 is 0 Å². The molecule has 86 valence electrons. The van der Waals surface area contributed by atoms with Crippen LogP contribution in [0.15, 0.2) is 0 Å². The Morgan fingerprint density at radius 2 is 1.79 bits per heavy atom. The Hall–Kier alpha value is -0.120. The van der Waals surface area contributed by atoms with Gasteiger partial charge in [-0.1, -0.05) is 6.92 Å². The van der Waals surface area contributed by atoms with Crippen molar-refractivity contribution in [2.45, 2.75) is 45.2 Å². The van der Waals surface area contributed by atoms with E-state index in [4.69, 9.17) is 10.5 Å². The van der Waals surface area contributed by atoms with E-state index in [1.54, 1.807) is 7.11 Å². The first-order valence-corrected chi connectivity index (χ1v) is 5.27. The van der Waals surface area contributed by atoms with Crippen LogP contribution in [-0.4, -0.2) is 43.3 Å². The monoisotopic (exact) mass is 202 g/mol. The van der Waals surface area contributed by atoms with Crippen molar-refractivity contribution in [3.8, 4) is 0 Å². The highest BCUT2D eigenvalue weighted by atomic mass is 16.5. The van der Waals surface area contributed by atoms with Crippen molar-refractivity contribution in [3.05, 3.63) is 0 Å². The molecule has 0 aromatic rings. The number of nitrogens with two attached hydrogens (primary N) is 1. The molecule has 0 aromatic carbocycles. The predicted octanol–water partition coefficient (Wildman–Crippen LogP) is 1.47. The standard InChI is InChI=1S/C11H26N2O/c1-7-10(2,3)13(5)11(4,8-12)9-14-6/h7-9,12H2,1-6H3. The van der Waals surface area contributed by atoms with E-state index in [0.717, 1.165) is 6.42 Å². The Kier molecular flexibility index (Phi) is 5.06. The van der Waals surface area contributed by atoms with Gasteiger partial charge < -0.3 is 10.5 Å². The molecule has 3 heteroatoms. The van der Waals surface area contributed by atoms with Gasteiger partial charge in [-0.2, -0.15) is 0 Å². The molecule has 14 heavy (non-hydrogen) atoms. The SMILES string of the molecule is CCC(C)(C)N(C)C(C)(CN)COC. The molecule has 1 unspecified atom stereocenters. The third-order valence-corrected chi connectivity index (χ3v) is 3.48. The van der Waals surface area contributed by atoms with Gasteiger partial charge in [0.25, 0.3) is 0 Å². The zero-order chi connectivity index (χ0) is 11.4. The molecule has 0 saturated carbocycles. The number of rotatable bonds is 6. The quantitative estimate of drug-likeness (QED) is 0.709. The molecular weight excluding hydrogens is 176 g/mol. The molecule has 0 spiro atoms. The van der Waals surface area contributed by atoms with E-state index in [2.05, 4.69) is 39.6 Å². The second kappa shape index (κ2) is 5.10. The van der Waals surface area contributed by atoms with Gasteiger partial charge in [-0.3, -0.25) is 4.90 Å². The van der Waals surface area contributed by atoms with Crippen LogP contribution in [0, 0.1) is 0 Å². The number of methoxy groups -OCH3 is 1. The fourth-order valence-corrected chi connectivity index (χ4v) is 1.57. The van der Waals surface area contributed by atoms with Crippen molar-refractivity contribution in [1.29, 1.82) is 0 Å². The lowest BCUT2D eigenvalue weighted by atomic mass is 9.91. The molecule has 0 fully saturated rings. The van der Waals surface area contributed by atoms with E-state index in [-0.39, 0.29) is 11.1 Å². The predicted molar refractivity (Wildman–Crippen MR) is 61.5 cm³/mol. The molecule has 0 aliphatic heterocycles. The normalized spacial score (nSPS) is 17.1. The van der Waals surface area contributed by atoms with Gasteiger partial charge in [-0.15, -0.1) is 0 Å². The van der Waals surface area contributed by atoms with Crippen molar-refractivity contribution in [3.63, 3.8) is 0 Å². The van der Waals surface area contributed by atoms with E-state index in [9.17, 15) is 0 Å². The van der Waals surface area contributed by atoms with Crippen molar-refractivity contribution >= 4 is 0 Å². The van der Waals surface area contributed by atoms with Crippen LogP contribution in [-0.2, 0) is 4.74 Å². The Bertz CT molecular complexity index is 171. The van der Waals surface area contributed by atoms with Gasteiger partial charge in [0.15, 0.2) is 0 Å². The molecule has 0 aromatic heterocycles. The van der Waals surface area contributed by atoms with Crippen LogP contribution in [0.2, 0.25) is 0 Å². The van der Waals surface area contributed by atoms with Crippen LogP contribution in [0.3, 0.4) is 0 Å². The molecular formula is C11H26N2O. The third kappa shape index (κ3) is 2.94. The second-order valence-electron chi connectivity index (χ2n) is 4.86. The molecule has 0 aliphatic carbocycles. The Morgan fingerprint density at radius 1 is 1.29 bits per heavy atom. The lowest BCUT2D eigenvalue weighted by Crippen LogP contribution is -2.60. The summed E-state index contributed by atoms with van der Waals surface area (Å²) in [4.78, 5) is 2.32. The summed E-state index contributed by atoms with van der Waals surface area (Å²) in [5, 5.41) is 0.